The molecule has 1 aromatic heterocycles. The number of rotatable bonds is 5. The predicted octanol–water partition coefficient (Wildman–Crippen LogP) is 4.52. The summed E-state index contributed by atoms with van der Waals surface area (Å²) in [5.74, 6) is -1.77. The Labute approximate surface area is 170 Å². The first-order valence-electron chi connectivity index (χ1n) is 8.92. The van der Waals surface area contributed by atoms with E-state index in [4.69, 9.17) is 0 Å². The van der Waals surface area contributed by atoms with Gasteiger partial charge >= 0.3 is 11.7 Å². The van der Waals surface area contributed by atoms with Crippen molar-refractivity contribution >= 4 is 11.7 Å². The maximum absolute atomic E-state index is 12.3. The van der Waals surface area contributed by atoms with Gasteiger partial charge in [0.05, 0.1) is 16.3 Å². The number of hydrogen-bond acceptors (Lipinski definition) is 5. The molecule has 148 valence electrons. The first kappa shape index (κ1) is 18.9. The molecule has 0 saturated carbocycles. The van der Waals surface area contributed by atoms with E-state index in [9.17, 15) is 25.1 Å². The largest absolute Gasteiger partial charge is 0.502 e. The van der Waals surface area contributed by atoms with Gasteiger partial charge in [0.1, 0.15) is 11.3 Å². The molecule has 0 spiro atoms. The van der Waals surface area contributed by atoms with Gasteiger partial charge in [-0.2, -0.15) is 5.10 Å². The number of carboxylic acids is 1. The smallest absolute Gasteiger partial charge is 0.340 e. The second-order valence-electron chi connectivity index (χ2n) is 6.45. The maximum atomic E-state index is 12.3. The minimum absolute atomic E-state index is 0.0710. The Hall–Kier alpha value is -4.46. The number of phenols is 1. The van der Waals surface area contributed by atoms with Gasteiger partial charge in [0.15, 0.2) is 5.75 Å². The number of hydrogen-bond donors (Lipinski definition) is 2. The second kappa shape index (κ2) is 7.51. The van der Waals surface area contributed by atoms with E-state index in [1.54, 1.807) is 36.4 Å². The topological polar surface area (TPSA) is 118 Å². The number of para-hydroxylation sites is 1. The molecule has 0 amide bonds. The highest BCUT2D eigenvalue weighted by Crippen LogP contribution is 2.37. The second-order valence-corrected chi connectivity index (χ2v) is 6.45. The van der Waals surface area contributed by atoms with Gasteiger partial charge in [0.25, 0.3) is 0 Å². The van der Waals surface area contributed by atoms with Gasteiger partial charge in [-0.05, 0) is 24.3 Å². The van der Waals surface area contributed by atoms with Crippen molar-refractivity contribution in [1.82, 2.24) is 9.78 Å². The van der Waals surface area contributed by atoms with Crippen LogP contribution < -0.4 is 0 Å². The van der Waals surface area contributed by atoms with Crippen molar-refractivity contribution in [3.8, 4) is 34.0 Å². The number of aromatic carboxylic acids is 1. The molecule has 4 rings (SSSR count). The van der Waals surface area contributed by atoms with E-state index in [0.29, 0.717) is 16.9 Å². The van der Waals surface area contributed by atoms with Crippen LogP contribution in [0.5, 0.6) is 5.75 Å². The third-order valence-corrected chi connectivity index (χ3v) is 4.59. The van der Waals surface area contributed by atoms with Crippen molar-refractivity contribution in [3.05, 3.63) is 94.5 Å². The lowest BCUT2D eigenvalue weighted by atomic mass is 10.0. The monoisotopic (exact) mass is 401 g/mol. The zero-order chi connectivity index (χ0) is 21.3. The standard InChI is InChI=1S/C22H15N3O5/c26-18-13-15(11-12-17(18)25(29)30)20-19(22(27)28)21(14-7-3-1-4-8-14)24(23-20)16-9-5-2-6-10-16/h1-13,26H,(H,27,28). The summed E-state index contributed by atoms with van der Waals surface area (Å²) in [6, 6.07) is 21.7. The van der Waals surface area contributed by atoms with Crippen LogP contribution in [0.1, 0.15) is 10.4 Å². The molecule has 0 aliphatic carbocycles. The van der Waals surface area contributed by atoms with E-state index >= 15 is 0 Å². The molecule has 0 atom stereocenters. The van der Waals surface area contributed by atoms with Crippen LogP contribution in [0.2, 0.25) is 0 Å². The zero-order valence-corrected chi connectivity index (χ0v) is 15.5. The van der Waals surface area contributed by atoms with E-state index in [2.05, 4.69) is 5.10 Å². The Morgan fingerprint density at radius 2 is 1.57 bits per heavy atom. The summed E-state index contributed by atoms with van der Waals surface area (Å²) in [4.78, 5) is 22.6. The summed E-state index contributed by atoms with van der Waals surface area (Å²) < 4.78 is 1.52. The summed E-state index contributed by atoms with van der Waals surface area (Å²) in [5.41, 5.74) is 1.46. The Morgan fingerprint density at radius 3 is 2.13 bits per heavy atom. The van der Waals surface area contributed by atoms with E-state index in [0.717, 1.165) is 12.1 Å². The van der Waals surface area contributed by atoms with Crippen molar-refractivity contribution in [2.24, 2.45) is 0 Å². The summed E-state index contributed by atoms with van der Waals surface area (Å²) in [6.07, 6.45) is 0. The Balaban J connectivity index is 2.03. The molecule has 0 aliphatic rings. The van der Waals surface area contributed by atoms with Gasteiger partial charge in [-0.1, -0.05) is 48.5 Å². The van der Waals surface area contributed by atoms with Gasteiger partial charge in [-0.25, -0.2) is 9.48 Å². The quantitative estimate of drug-likeness (QED) is 0.375. The van der Waals surface area contributed by atoms with Crippen LogP contribution in [-0.2, 0) is 0 Å². The molecule has 30 heavy (non-hydrogen) atoms. The Bertz CT molecular complexity index is 1250. The summed E-state index contributed by atoms with van der Waals surface area (Å²) >= 11 is 0. The first-order chi connectivity index (χ1) is 14.5. The molecule has 0 aliphatic heterocycles. The lowest BCUT2D eigenvalue weighted by Crippen LogP contribution is -2.03. The van der Waals surface area contributed by atoms with Crippen LogP contribution in [0, 0.1) is 10.1 Å². The third kappa shape index (κ3) is 3.26. The normalized spacial score (nSPS) is 10.7. The molecule has 0 fully saturated rings. The van der Waals surface area contributed by atoms with Crippen molar-refractivity contribution in [1.29, 1.82) is 0 Å². The van der Waals surface area contributed by atoms with Crippen LogP contribution in [0.25, 0.3) is 28.2 Å². The van der Waals surface area contributed by atoms with Gasteiger partial charge in [0, 0.05) is 17.2 Å². The van der Waals surface area contributed by atoms with Crippen LogP contribution >= 0.6 is 0 Å². The number of nitro benzene ring substituents is 1. The van der Waals surface area contributed by atoms with Crippen LogP contribution in [0.4, 0.5) is 5.69 Å². The fourth-order valence-corrected chi connectivity index (χ4v) is 3.27. The molecule has 3 aromatic carbocycles. The zero-order valence-electron chi connectivity index (χ0n) is 15.5. The van der Waals surface area contributed by atoms with Gasteiger partial charge < -0.3 is 10.2 Å². The molecule has 8 heteroatoms. The molecule has 0 bridgehead atoms. The number of carbonyl (C=O) groups is 1. The number of nitrogens with zero attached hydrogens (tertiary/aromatic N) is 3. The molecule has 0 saturated heterocycles. The average Bonchev–Trinajstić information content (AvgIpc) is 3.15. The first-order valence-corrected chi connectivity index (χ1v) is 8.92. The highest BCUT2D eigenvalue weighted by molar-refractivity contribution is 6.02. The molecule has 0 radical (unpaired) electrons. The molecule has 2 N–H and O–H groups in total. The predicted molar refractivity (Wildman–Crippen MR) is 110 cm³/mol. The number of nitro groups is 1. The Morgan fingerprint density at radius 1 is 0.933 bits per heavy atom. The van der Waals surface area contributed by atoms with Gasteiger partial charge in [0.2, 0.25) is 0 Å². The van der Waals surface area contributed by atoms with Gasteiger partial charge in [-0.15, -0.1) is 0 Å². The minimum Gasteiger partial charge on any atom is -0.502 e. The molecular formula is C22H15N3O5. The number of benzene rings is 3. The molecular weight excluding hydrogens is 386 g/mol. The number of aromatic nitrogens is 2. The van der Waals surface area contributed by atoms with Crippen molar-refractivity contribution in [3.63, 3.8) is 0 Å². The molecule has 0 unspecified atom stereocenters. The lowest BCUT2D eigenvalue weighted by Gasteiger charge is -2.08. The fraction of sp³-hybridized carbons (Fsp3) is 0. The maximum Gasteiger partial charge on any atom is 0.340 e. The number of aromatic hydroxyl groups is 1. The minimum atomic E-state index is -1.20. The van der Waals surface area contributed by atoms with E-state index < -0.39 is 22.3 Å². The number of phenolic OH excluding ortho intramolecular Hbond substituents is 1. The highest BCUT2D eigenvalue weighted by Gasteiger charge is 2.27. The van der Waals surface area contributed by atoms with E-state index in [-0.39, 0.29) is 16.8 Å². The summed E-state index contributed by atoms with van der Waals surface area (Å²) in [6.45, 7) is 0. The molecule has 4 aromatic rings. The SMILES string of the molecule is O=C(O)c1c(-c2ccc([N+](=O)[O-])c(O)c2)nn(-c2ccccc2)c1-c1ccccc1. The van der Waals surface area contributed by atoms with Crippen LogP contribution in [0.15, 0.2) is 78.9 Å². The fourth-order valence-electron chi connectivity index (χ4n) is 3.27. The van der Waals surface area contributed by atoms with Crippen LogP contribution in [-0.4, -0.2) is 30.9 Å². The molecule has 1 heterocycles. The van der Waals surface area contributed by atoms with Crippen molar-refractivity contribution in [2.45, 2.75) is 0 Å². The van der Waals surface area contributed by atoms with Crippen molar-refractivity contribution < 1.29 is 19.9 Å². The Kier molecular flexibility index (Phi) is 4.73. The average molecular weight is 401 g/mol. The van der Waals surface area contributed by atoms with E-state index in [1.807, 2.05) is 24.3 Å². The van der Waals surface area contributed by atoms with E-state index in [1.165, 1.54) is 10.7 Å². The van der Waals surface area contributed by atoms with Crippen LogP contribution in [0.3, 0.4) is 0 Å². The highest BCUT2D eigenvalue weighted by atomic mass is 16.6. The molecule has 8 nitrogen and oxygen atoms in total. The van der Waals surface area contributed by atoms with Gasteiger partial charge in [-0.3, -0.25) is 10.1 Å². The lowest BCUT2D eigenvalue weighted by molar-refractivity contribution is -0.385. The summed E-state index contributed by atoms with van der Waals surface area (Å²) in [5, 5.41) is 35.6. The third-order valence-electron chi connectivity index (χ3n) is 4.59. The number of carboxylic acid groups (broad SMARTS) is 1. The summed E-state index contributed by atoms with van der Waals surface area (Å²) in [7, 11) is 0. The van der Waals surface area contributed by atoms with Crippen molar-refractivity contribution in [2.75, 3.05) is 0 Å².